The highest BCUT2D eigenvalue weighted by molar-refractivity contribution is 5.81. The summed E-state index contributed by atoms with van der Waals surface area (Å²) in [6.07, 6.45) is 4.69. The summed E-state index contributed by atoms with van der Waals surface area (Å²) in [4.78, 5) is 18.7. The van der Waals surface area contributed by atoms with Crippen LogP contribution in [0.3, 0.4) is 0 Å². The molecule has 2 fully saturated rings. The third-order valence-electron chi connectivity index (χ3n) is 4.31. The highest BCUT2D eigenvalue weighted by Crippen LogP contribution is 2.28. The fraction of sp³-hybridized carbons (Fsp3) is 0.882. The third-order valence-corrected chi connectivity index (χ3v) is 4.31. The van der Waals surface area contributed by atoms with Gasteiger partial charge in [0.2, 0.25) is 5.91 Å². The molecule has 0 saturated heterocycles. The number of amides is 1. The van der Waals surface area contributed by atoms with E-state index in [-0.39, 0.29) is 11.8 Å². The molecule has 138 valence electrons. The van der Waals surface area contributed by atoms with Crippen molar-refractivity contribution in [2.45, 2.75) is 38.6 Å². The number of hydrogen-bond acceptors (Lipinski definition) is 4. The van der Waals surface area contributed by atoms with Gasteiger partial charge in [-0.1, -0.05) is 0 Å². The largest absolute Gasteiger partial charge is 0.383 e. The van der Waals surface area contributed by atoms with Gasteiger partial charge in [0, 0.05) is 51.8 Å². The molecule has 0 atom stereocenters. The summed E-state index contributed by atoms with van der Waals surface area (Å²) >= 11 is 0. The van der Waals surface area contributed by atoms with Crippen molar-refractivity contribution < 1.29 is 9.53 Å². The molecule has 24 heavy (non-hydrogen) atoms. The van der Waals surface area contributed by atoms with E-state index < -0.39 is 0 Å². The van der Waals surface area contributed by atoms with Gasteiger partial charge >= 0.3 is 0 Å². The van der Waals surface area contributed by atoms with E-state index in [9.17, 15) is 4.79 Å². The second kappa shape index (κ2) is 10.5. The number of rotatable bonds is 12. The van der Waals surface area contributed by atoms with E-state index in [0.29, 0.717) is 13.1 Å². The molecular formula is C17H33N5O2. The van der Waals surface area contributed by atoms with Gasteiger partial charge in [-0.25, -0.2) is 0 Å². The van der Waals surface area contributed by atoms with E-state index >= 15 is 0 Å². The van der Waals surface area contributed by atoms with Crippen molar-refractivity contribution >= 4 is 11.9 Å². The second-order valence-corrected chi connectivity index (χ2v) is 6.51. The zero-order chi connectivity index (χ0) is 17.2. The zero-order valence-electron chi connectivity index (χ0n) is 15.1. The number of nitrogens with one attached hydrogen (secondary N) is 3. The predicted molar refractivity (Wildman–Crippen MR) is 96.2 cm³/mol. The average molecular weight is 339 g/mol. The fourth-order valence-corrected chi connectivity index (χ4v) is 2.61. The van der Waals surface area contributed by atoms with E-state index in [1.165, 1.54) is 12.8 Å². The third kappa shape index (κ3) is 7.49. The molecule has 0 aromatic rings. The Morgan fingerprint density at radius 3 is 2.50 bits per heavy atom. The van der Waals surface area contributed by atoms with Gasteiger partial charge < -0.3 is 20.7 Å². The summed E-state index contributed by atoms with van der Waals surface area (Å²) in [5, 5.41) is 9.49. The average Bonchev–Trinajstić information content (AvgIpc) is 3.46. The van der Waals surface area contributed by atoms with Crippen LogP contribution in [-0.2, 0) is 9.53 Å². The highest BCUT2D eigenvalue weighted by Gasteiger charge is 2.29. The van der Waals surface area contributed by atoms with Crippen LogP contribution in [0.5, 0.6) is 0 Å². The molecule has 0 radical (unpaired) electrons. The first-order chi connectivity index (χ1) is 11.7. The van der Waals surface area contributed by atoms with Crippen molar-refractivity contribution in [3.05, 3.63) is 0 Å². The van der Waals surface area contributed by atoms with Crippen LogP contribution in [0.25, 0.3) is 0 Å². The topological polar surface area (TPSA) is 78.0 Å². The molecular weight excluding hydrogens is 306 g/mol. The first kappa shape index (κ1) is 19.0. The molecule has 2 saturated carbocycles. The Morgan fingerprint density at radius 1 is 1.12 bits per heavy atom. The highest BCUT2D eigenvalue weighted by atomic mass is 16.5. The molecule has 0 bridgehead atoms. The van der Waals surface area contributed by atoms with Crippen LogP contribution in [0.15, 0.2) is 4.99 Å². The first-order valence-electron chi connectivity index (χ1n) is 9.27. The number of methoxy groups -OCH3 is 1. The lowest BCUT2D eigenvalue weighted by atomic mass is 10.4. The second-order valence-electron chi connectivity index (χ2n) is 6.51. The van der Waals surface area contributed by atoms with E-state index in [1.807, 2.05) is 0 Å². The van der Waals surface area contributed by atoms with Crippen molar-refractivity contribution in [2.75, 3.05) is 53.0 Å². The molecule has 1 amide bonds. The Bertz CT molecular complexity index is 408. The Hall–Kier alpha value is -1.34. The molecule has 2 aliphatic carbocycles. The van der Waals surface area contributed by atoms with Crippen molar-refractivity contribution in [3.8, 4) is 0 Å². The van der Waals surface area contributed by atoms with Crippen LogP contribution < -0.4 is 16.0 Å². The molecule has 0 spiro atoms. The molecule has 2 aliphatic rings. The Labute approximate surface area is 145 Å². The van der Waals surface area contributed by atoms with E-state index in [2.05, 4.69) is 32.8 Å². The molecule has 0 unspecified atom stereocenters. The van der Waals surface area contributed by atoms with Gasteiger partial charge in [-0.2, -0.15) is 0 Å². The van der Waals surface area contributed by atoms with Crippen LogP contribution >= 0.6 is 0 Å². The number of aliphatic imine (C=N–C) groups is 1. The standard InChI is InChI=1S/C17H33N5O2/c1-3-18-17(20-9-8-19-16(23)14-4-5-14)21-10-11-22(12-13-24-2)15-6-7-15/h14-15H,3-13H2,1-2H3,(H,19,23)(H2,18,20,21). The van der Waals surface area contributed by atoms with Crippen molar-refractivity contribution in [1.29, 1.82) is 0 Å². The van der Waals surface area contributed by atoms with Gasteiger partial charge in [0.15, 0.2) is 5.96 Å². The van der Waals surface area contributed by atoms with Crippen LogP contribution in [0.4, 0.5) is 0 Å². The Balaban J connectivity index is 1.63. The monoisotopic (exact) mass is 339 g/mol. The molecule has 0 aromatic carbocycles. The maximum Gasteiger partial charge on any atom is 0.223 e. The van der Waals surface area contributed by atoms with Gasteiger partial charge in [-0.15, -0.1) is 0 Å². The van der Waals surface area contributed by atoms with Crippen LogP contribution in [0.1, 0.15) is 32.6 Å². The SMILES string of the molecule is CCNC(=NCCN(CCOC)C1CC1)NCCNC(=O)C1CC1. The zero-order valence-corrected chi connectivity index (χ0v) is 15.1. The molecule has 0 aliphatic heterocycles. The summed E-state index contributed by atoms with van der Waals surface area (Å²) in [6.45, 7) is 7.71. The van der Waals surface area contributed by atoms with E-state index in [0.717, 1.165) is 57.6 Å². The normalized spacial score (nSPS) is 17.9. The Kier molecular flexibility index (Phi) is 8.32. The maximum absolute atomic E-state index is 11.6. The summed E-state index contributed by atoms with van der Waals surface area (Å²) in [6, 6.07) is 0.725. The lowest BCUT2D eigenvalue weighted by molar-refractivity contribution is -0.122. The first-order valence-corrected chi connectivity index (χ1v) is 9.27. The van der Waals surface area contributed by atoms with Crippen molar-refractivity contribution in [3.63, 3.8) is 0 Å². The minimum Gasteiger partial charge on any atom is -0.383 e. The maximum atomic E-state index is 11.6. The summed E-state index contributed by atoms with van der Waals surface area (Å²) in [5.41, 5.74) is 0. The van der Waals surface area contributed by atoms with E-state index in [4.69, 9.17) is 4.74 Å². The quantitative estimate of drug-likeness (QED) is 0.269. The van der Waals surface area contributed by atoms with Gasteiger partial charge in [0.1, 0.15) is 0 Å². The number of carbonyl (C=O) groups excluding carboxylic acids is 1. The lowest BCUT2D eigenvalue weighted by Gasteiger charge is -2.20. The van der Waals surface area contributed by atoms with E-state index in [1.54, 1.807) is 7.11 Å². The van der Waals surface area contributed by atoms with Crippen molar-refractivity contribution in [1.82, 2.24) is 20.9 Å². The summed E-state index contributed by atoms with van der Waals surface area (Å²) in [5.74, 6) is 1.28. The van der Waals surface area contributed by atoms with Gasteiger partial charge in [0.05, 0.1) is 13.2 Å². The summed E-state index contributed by atoms with van der Waals surface area (Å²) < 4.78 is 5.19. The van der Waals surface area contributed by atoms with Crippen LogP contribution in [0, 0.1) is 5.92 Å². The number of nitrogens with zero attached hydrogens (tertiary/aromatic N) is 2. The number of ether oxygens (including phenoxy) is 1. The smallest absolute Gasteiger partial charge is 0.223 e. The van der Waals surface area contributed by atoms with Gasteiger partial charge in [-0.3, -0.25) is 14.7 Å². The predicted octanol–water partition coefficient (Wildman–Crippen LogP) is 0.179. The number of guanidine groups is 1. The van der Waals surface area contributed by atoms with Gasteiger partial charge in [0.25, 0.3) is 0 Å². The van der Waals surface area contributed by atoms with Crippen molar-refractivity contribution in [2.24, 2.45) is 10.9 Å². The minimum absolute atomic E-state index is 0.192. The van der Waals surface area contributed by atoms with Crippen LogP contribution in [0.2, 0.25) is 0 Å². The molecule has 7 nitrogen and oxygen atoms in total. The molecule has 0 heterocycles. The Morgan fingerprint density at radius 2 is 1.88 bits per heavy atom. The van der Waals surface area contributed by atoms with Crippen LogP contribution in [-0.4, -0.2) is 75.8 Å². The molecule has 3 N–H and O–H groups in total. The molecule has 2 rings (SSSR count). The van der Waals surface area contributed by atoms with Gasteiger partial charge in [-0.05, 0) is 32.6 Å². The molecule has 0 aromatic heterocycles. The number of hydrogen-bond donors (Lipinski definition) is 3. The molecule has 7 heteroatoms. The fourth-order valence-electron chi connectivity index (χ4n) is 2.61. The lowest BCUT2D eigenvalue weighted by Crippen LogP contribution is -2.42. The minimum atomic E-state index is 0.192. The summed E-state index contributed by atoms with van der Waals surface area (Å²) in [7, 11) is 1.75. The number of carbonyl (C=O) groups is 1.